The maximum absolute atomic E-state index is 12.7. The number of anilines is 1. The van der Waals surface area contributed by atoms with Gasteiger partial charge in [-0.3, -0.25) is 4.79 Å². The van der Waals surface area contributed by atoms with Gasteiger partial charge in [0.05, 0.1) is 17.1 Å². The second kappa shape index (κ2) is 8.97. The lowest BCUT2D eigenvalue weighted by Gasteiger charge is -2.35. The van der Waals surface area contributed by atoms with E-state index in [1.165, 1.54) is 5.56 Å². The maximum Gasteiger partial charge on any atom is 0.228 e. The van der Waals surface area contributed by atoms with Crippen molar-refractivity contribution < 1.29 is 4.79 Å². The minimum Gasteiger partial charge on any atom is -0.353 e. The van der Waals surface area contributed by atoms with E-state index in [4.69, 9.17) is 0 Å². The molecule has 0 radical (unpaired) electrons. The first kappa shape index (κ1) is 18.6. The molecule has 0 saturated carbocycles. The van der Waals surface area contributed by atoms with Gasteiger partial charge >= 0.3 is 0 Å². The molecule has 0 spiro atoms. The summed E-state index contributed by atoms with van der Waals surface area (Å²) in [5, 5.41) is 3.13. The first-order valence-corrected chi connectivity index (χ1v) is 10.6. The van der Waals surface area contributed by atoms with Crippen LogP contribution in [0.1, 0.15) is 16.3 Å². The Morgan fingerprint density at radius 3 is 2.50 bits per heavy atom. The van der Waals surface area contributed by atoms with Gasteiger partial charge in [0.15, 0.2) is 0 Å². The van der Waals surface area contributed by atoms with Crippen LogP contribution < -0.4 is 4.90 Å². The Bertz CT molecular complexity index is 889. The number of rotatable bonds is 6. The van der Waals surface area contributed by atoms with E-state index in [-0.39, 0.29) is 5.91 Å². The first-order valence-electron chi connectivity index (χ1n) is 9.69. The summed E-state index contributed by atoms with van der Waals surface area (Å²) in [5.74, 6) is 1.15. The van der Waals surface area contributed by atoms with E-state index in [0.29, 0.717) is 6.42 Å². The van der Waals surface area contributed by atoms with E-state index in [9.17, 15) is 4.79 Å². The van der Waals surface area contributed by atoms with Gasteiger partial charge in [-0.2, -0.15) is 0 Å². The van der Waals surface area contributed by atoms with Gasteiger partial charge in [0.25, 0.3) is 0 Å². The summed E-state index contributed by atoms with van der Waals surface area (Å²) in [5.41, 5.74) is 2.21. The SMILES string of the molecule is O=C(Cc1csc(CCc2ccccc2)n1)N1CCN(c2ccccn2)CC1. The predicted octanol–water partition coefficient (Wildman–Crippen LogP) is 3.21. The molecular weight excluding hydrogens is 368 g/mol. The number of hydrogen-bond acceptors (Lipinski definition) is 5. The molecule has 0 bridgehead atoms. The molecule has 144 valence electrons. The predicted molar refractivity (Wildman–Crippen MR) is 113 cm³/mol. The number of thiazole rings is 1. The lowest BCUT2D eigenvalue weighted by Crippen LogP contribution is -2.49. The number of benzene rings is 1. The molecule has 1 saturated heterocycles. The van der Waals surface area contributed by atoms with Gasteiger partial charge in [0, 0.05) is 44.2 Å². The molecule has 1 aliphatic heterocycles. The van der Waals surface area contributed by atoms with Crippen molar-refractivity contribution in [3.8, 4) is 0 Å². The van der Waals surface area contributed by atoms with Crippen molar-refractivity contribution in [1.82, 2.24) is 14.9 Å². The van der Waals surface area contributed by atoms with E-state index < -0.39 is 0 Å². The molecule has 5 nitrogen and oxygen atoms in total. The van der Waals surface area contributed by atoms with Crippen molar-refractivity contribution in [2.24, 2.45) is 0 Å². The van der Waals surface area contributed by atoms with Crippen LogP contribution in [-0.4, -0.2) is 47.0 Å². The number of nitrogens with zero attached hydrogens (tertiary/aromatic N) is 4. The monoisotopic (exact) mass is 392 g/mol. The highest BCUT2D eigenvalue weighted by molar-refractivity contribution is 7.09. The molecule has 0 unspecified atom stereocenters. The van der Waals surface area contributed by atoms with Crippen LogP contribution in [0, 0.1) is 0 Å². The first-order chi connectivity index (χ1) is 13.8. The molecule has 28 heavy (non-hydrogen) atoms. The summed E-state index contributed by atoms with van der Waals surface area (Å²) in [4.78, 5) is 25.9. The largest absolute Gasteiger partial charge is 0.353 e. The molecule has 2 aromatic heterocycles. The third kappa shape index (κ3) is 4.75. The summed E-state index contributed by atoms with van der Waals surface area (Å²) in [6.07, 6.45) is 4.11. The number of aryl methyl sites for hydroxylation is 2. The third-order valence-corrected chi connectivity index (χ3v) is 5.97. The van der Waals surface area contributed by atoms with Gasteiger partial charge in [-0.15, -0.1) is 11.3 Å². The molecule has 0 atom stereocenters. The summed E-state index contributed by atoms with van der Waals surface area (Å²) < 4.78 is 0. The van der Waals surface area contributed by atoms with Gasteiger partial charge in [-0.1, -0.05) is 36.4 Å². The summed E-state index contributed by atoms with van der Waals surface area (Å²) in [6.45, 7) is 3.12. The highest BCUT2D eigenvalue weighted by Gasteiger charge is 2.22. The Balaban J connectivity index is 1.26. The molecule has 3 heterocycles. The third-order valence-electron chi connectivity index (χ3n) is 5.01. The molecule has 1 fully saturated rings. The Kier molecular flexibility index (Phi) is 5.97. The van der Waals surface area contributed by atoms with Crippen LogP contribution in [0.25, 0.3) is 0 Å². The van der Waals surface area contributed by atoms with E-state index >= 15 is 0 Å². The van der Waals surface area contributed by atoms with E-state index in [2.05, 4.69) is 39.1 Å². The normalized spacial score (nSPS) is 14.3. The van der Waals surface area contributed by atoms with Crippen molar-refractivity contribution in [2.45, 2.75) is 19.3 Å². The van der Waals surface area contributed by atoms with E-state index in [1.807, 2.05) is 40.7 Å². The van der Waals surface area contributed by atoms with Gasteiger partial charge in [0.1, 0.15) is 5.82 Å². The average molecular weight is 393 g/mol. The Morgan fingerprint density at radius 2 is 1.75 bits per heavy atom. The molecule has 6 heteroatoms. The molecule has 4 rings (SSSR count). The molecule has 1 aliphatic rings. The number of pyridine rings is 1. The number of piperazine rings is 1. The number of amides is 1. The fourth-order valence-electron chi connectivity index (χ4n) is 3.43. The zero-order valence-corrected chi connectivity index (χ0v) is 16.6. The zero-order valence-electron chi connectivity index (χ0n) is 15.8. The Labute approximate surface area is 169 Å². The summed E-state index contributed by atoms with van der Waals surface area (Å²) >= 11 is 1.66. The topological polar surface area (TPSA) is 49.3 Å². The molecule has 0 N–H and O–H groups in total. The van der Waals surface area contributed by atoms with Crippen LogP contribution in [0.3, 0.4) is 0 Å². The van der Waals surface area contributed by atoms with Crippen LogP contribution in [0.5, 0.6) is 0 Å². The fraction of sp³-hybridized carbons (Fsp3) is 0.318. The van der Waals surface area contributed by atoms with Gasteiger partial charge in [-0.05, 0) is 24.1 Å². The highest BCUT2D eigenvalue weighted by atomic mass is 32.1. The number of hydrogen-bond donors (Lipinski definition) is 0. The van der Waals surface area contributed by atoms with Crippen LogP contribution in [0.15, 0.2) is 60.1 Å². The molecule has 3 aromatic rings. The lowest BCUT2D eigenvalue weighted by atomic mass is 10.1. The number of carbonyl (C=O) groups is 1. The van der Waals surface area contributed by atoms with Gasteiger partial charge < -0.3 is 9.80 Å². The smallest absolute Gasteiger partial charge is 0.228 e. The molecule has 0 aliphatic carbocycles. The lowest BCUT2D eigenvalue weighted by molar-refractivity contribution is -0.130. The fourth-order valence-corrected chi connectivity index (χ4v) is 4.23. The molecule has 1 amide bonds. The van der Waals surface area contributed by atoms with Crippen molar-refractivity contribution in [3.63, 3.8) is 0 Å². The summed E-state index contributed by atoms with van der Waals surface area (Å²) in [6, 6.07) is 16.4. The van der Waals surface area contributed by atoms with Crippen molar-refractivity contribution in [3.05, 3.63) is 76.4 Å². The summed E-state index contributed by atoms with van der Waals surface area (Å²) in [7, 11) is 0. The van der Waals surface area contributed by atoms with Crippen LogP contribution in [-0.2, 0) is 24.1 Å². The second-order valence-electron chi connectivity index (χ2n) is 6.95. The van der Waals surface area contributed by atoms with Crippen LogP contribution in [0.4, 0.5) is 5.82 Å². The van der Waals surface area contributed by atoms with E-state index in [1.54, 1.807) is 11.3 Å². The maximum atomic E-state index is 12.7. The van der Waals surface area contributed by atoms with Crippen LogP contribution >= 0.6 is 11.3 Å². The van der Waals surface area contributed by atoms with E-state index in [0.717, 1.165) is 55.5 Å². The minimum absolute atomic E-state index is 0.167. The zero-order chi connectivity index (χ0) is 19.2. The quantitative estimate of drug-likeness (QED) is 0.646. The van der Waals surface area contributed by atoms with Crippen molar-refractivity contribution in [1.29, 1.82) is 0 Å². The molecule has 1 aromatic carbocycles. The minimum atomic E-state index is 0.167. The Hall–Kier alpha value is -2.73. The highest BCUT2D eigenvalue weighted by Crippen LogP contribution is 2.16. The molecular formula is C22H24N4OS. The Morgan fingerprint density at radius 1 is 0.964 bits per heavy atom. The second-order valence-corrected chi connectivity index (χ2v) is 7.89. The van der Waals surface area contributed by atoms with Crippen LogP contribution in [0.2, 0.25) is 0 Å². The van der Waals surface area contributed by atoms with Crippen molar-refractivity contribution >= 4 is 23.1 Å². The number of aromatic nitrogens is 2. The van der Waals surface area contributed by atoms with Crippen molar-refractivity contribution in [2.75, 3.05) is 31.1 Å². The van der Waals surface area contributed by atoms with Gasteiger partial charge in [-0.25, -0.2) is 9.97 Å². The number of carbonyl (C=O) groups excluding carboxylic acids is 1. The van der Waals surface area contributed by atoms with Gasteiger partial charge in [0.2, 0.25) is 5.91 Å². The standard InChI is InChI=1S/C22H24N4OS/c27-22(26-14-12-25(13-15-26)20-8-4-5-11-23-20)16-19-17-28-21(24-19)10-9-18-6-2-1-3-7-18/h1-8,11,17H,9-10,12-16H2. The average Bonchev–Trinajstić information content (AvgIpc) is 3.21.